The van der Waals surface area contributed by atoms with Gasteiger partial charge in [0.1, 0.15) is 0 Å². The number of carbonyl (C=O) groups is 2. The zero-order valence-corrected chi connectivity index (χ0v) is 36.8. The number of carbonyl (C=O) groups excluding carboxylic acids is 2. The predicted octanol–water partition coefficient (Wildman–Crippen LogP) is 13.0. The third kappa shape index (κ3) is 9.92. The van der Waals surface area contributed by atoms with Gasteiger partial charge in [0.2, 0.25) is 0 Å². The van der Waals surface area contributed by atoms with Crippen LogP contribution in [-0.2, 0) is 22.4 Å². The Morgan fingerprint density at radius 3 is 1.35 bits per heavy atom. The molecule has 0 spiro atoms. The Balaban J connectivity index is 1.46. The molecule has 2 unspecified atom stereocenters. The first-order valence-electron chi connectivity index (χ1n) is 22.1. The van der Waals surface area contributed by atoms with Gasteiger partial charge in [-0.15, -0.1) is 22.7 Å². The number of fused-ring (bicyclic) bond motifs is 1. The van der Waals surface area contributed by atoms with Gasteiger partial charge in [-0.1, -0.05) is 135 Å². The van der Waals surface area contributed by atoms with Crippen LogP contribution in [0.15, 0.2) is 83.9 Å². The first-order valence-corrected chi connectivity index (χ1v) is 23.7. The Morgan fingerprint density at radius 1 is 0.509 bits per heavy atom. The lowest BCUT2D eigenvalue weighted by molar-refractivity contribution is -0.124. The highest BCUT2D eigenvalue weighted by atomic mass is 32.1. The fourth-order valence-electron chi connectivity index (χ4n) is 8.40. The fraction of sp³-hybridized carbons (Fsp3) is 0.480. The summed E-state index contributed by atoms with van der Waals surface area (Å²) in [5.41, 5.74) is 13.6. The molecular weight excluding hydrogens is 739 g/mol. The normalized spacial score (nSPS) is 15.4. The third-order valence-electron chi connectivity index (χ3n) is 12.0. The summed E-state index contributed by atoms with van der Waals surface area (Å²) in [4.78, 5) is 38.7. The Morgan fingerprint density at radius 2 is 0.930 bits per heavy atom. The van der Waals surface area contributed by atoms with Crippen LogP contribution >= 0.6 is 22.7 Å². The van der Waals surface area contributed by atoms with Crippen LogP contribution in [0.1, 0.15) is 133 Å². The number of hydrogen-bond acceptors (Lipinski definition) is 5. The quantitative estimate of drug-likeness (QED) is 0.0760. The summed E-state index contributed by atoms with van der Waals surface area (Å²) >= 11 is 3.40. The van der Waals surface area contributed by atoms with E-state index in [1.165, 1.54) is 42.4 Å². The molecule has 4 aromatic rings. The minimum Gasteiger partial charge on any atom is -0.330 e. The smallest absolute Gasteiger partial charge is 0.261 e. The molecule has 2 atom stereocenters. The molecule has 5 nitrogen and oxygen atoms in total. The van der Waals surface area contributed by atoms with Crippen LogP contribution in [0, 0.1) is 11.8 Å². The number of aryl methyl sites for hydroxylation is 2. The lowest BCUT2D eigenvalue weighted by Crippen LogP contribution is -2.34. The van der Waals surface area contributed by atoms with Gasteiger partial charge in [0, 0.05) is 22.8 Å². The lowest BCUT2D eigenvalue weighted by Gasteiger charge is -2.29. The van der Waals surface area contributed by atoms with Gasteiger partial charge < -0.3 is 15.5 Å². The number of benzene rings is 2. The molecule has 2 aromatic heterocycles. The second-order valence-electron chi connectivity index (χ2n) is 16.2. The van der Waals surface area contributed by atoms with Crippen molar-refractivity contribution in [2.75, 3.05) is 19.6 Å². The second kappa shape index (κ2) is 20.8. The fourth-order valence-corrected chi connectivity index (χ4v) is 10.5. The molecule has 0 bridgehead atoms. The Bertz CT molecular complexity index is 2000. The maximum Gasteiger partial charge on any atom is 0.261 e. The van der Waals surface area contributed by atoms with E-state index in [0.29, 0.717) is 42.6 Å². The molecule has 304 valence electrons. The van der Waals surface area contributed by atoms with Crippen molar-refractivity contribution in [2.45, 2.75) is 125 Å². The van der Waals surface area contributed by atoms with E-state index in [2.05, 4.69) is 107 Å². The van der Waals surface area contributed by atoms with E-state index in [4.69, 9.17) is 5.73 Å². The standard InChI is InChI=1S/C50H65N3O2S2/c1-6-11-14-18-36(10-5)34-53-48(44-31-28-41(56-44)39-24-20-37(21-25-39)17-13-8-3)46-45(50(53)55)47(52(49(46)54)33-35(9-4)16-12-7-2)43-30-29-42(57-43)40-26-22-38(23-27-40)19-15-32-51/h20-31,35-36H,6-19,32-34,51H2,1-5H3. The highest BCUT2D eigenvalue weighted by molar-refractivity contribution is 7.17. The van der Waals surface area contributed by atoms with Gasteiger partial charge in [-0.2, -0.15) is 0 Å². The Hall–Kier alpha value is -3.78. The van der Waals surface area contributed by atoms with Gasteiger partial charge in [0.25, 0.3) is 11.8 Å². The summed E-state index contributed by atoms with van der Waals surface area (Å²) < 4.78 is 0. The highest BCUT2D eigenvalue weighted by Gasteiger charge is 2.50. The maximum absolute atomic E-state index is 15.2. The zero-order valence-electron chi connectivity index (χ0n) is 35.2. The molecule has 6 rings (SSSR count). The highest BCUT2D eigenvalue weighted by Crippen LogP contribution is 2.50. The summed E-state index contributed by atoms with van der Waals surface area (Å²) in [7, 11) is 0. The van der Waals surface area contributed by atoms with Gasteiger partial charge in [0.05, 0.1) is 32.3 Å². The maximum atomic E-state index is 15.2. The molecule has 2 aliphatic heterocycles. The SMILES string of the molecule is CCCCCC(CC)CN1C(=O)C2=C(c3ccc(-c4ccc(CCCN)cc4)s3)N(CC(CC)CCCC)C(=O)C2=C1c1ccc(-c2ccc(CCCC)cc2)s1. The number of nitrogens with zero attached hydrogens (tertiary/aromatic N) is 2. The van der Waals surface area contributed by atoms with Crippen LogP contribution in [-0.4, -0.2) is 41.2 Å². The first-order chi connectivity index (χ1) is 27.8. The molecule has 0 aliphatic carbocycles. The van der Waals surface area contributed by atoms with Crippen molar-refractivity contribution in [3.8, 4) is 20.9 Å². The van der Waals surface area contributed by atoms with Crippen molar-refractivity contribution < 1.29 is 9.59 Å². The van der Waals surface area contributed by atoms with E-state index in [-0.39, 0.29) is 11.8 Å². The average molecular weight is 804 g/mol. The number of amides is 2. The van der Waals surface area contributed by atoms with E-state index in [1.807, 2.05) is 9.80 Å². The van der Waals surface area contributed by atoms with Crippen molar-refractivity contribution in [1.29, 1.82) is 0 Å². The largest absolute Gasteiger partial charge is 0.330 e. The monoisotopic (exact) mass is 803 g/mol. The Kier molecular flexibility index (Phi) is 15.6. The number of unbranched alkanes of at least 4 members (excludes halogenated alkanes) is 4. The first kappa shape index (κ1) is 42.8. The van der Waals surface area contributed by atoms with Gasteiger partial charge in [0.15, 0.2) is 0 Å². The van der Waals surface area contributed by atoms with Crippen LogP contribution in [0.25, 0.3) is 32.3 Å². The molecule has 4 heterocycles. The molecular formula is C50H65N3O2S2. The Labute approximate surface area is 351 Å². The van der Waals surface area contributed by atoms with Gasteiger partial charge in [-0.25, -0.2) is 0 Å². The summed E-state index contributed by atoms with van der Waals surface area (Å²) in [5.74, 6) is 0.681. The molecule has 0 saturated heterocycles. The third-order valence-corrected chi connectivity index (χ3v) is 14.3. The van der Waals surface area contributed by atoms with Gasteiger partial charge in [-0.3, -0.25) is 9.59 Å². The van der Waals surface area contributed by atoms with Crippen molar-refractivity contribution in [3.63, 3.8) is 0 Å². The molecule has 0 radical (unpaired) electrons. The summed E-state index contributed by atoms with van der Waals surface area (Å²) in [6, 6.07) is 26.4. The van der Waals surface area contributed by atoms with E-state index in [9.17, 15) is 0 Å². The lowest BCUT2D eigenvalue weighted by atomic mass is 9.97. The number of rotatable bonds is 23. The van der Waals surface area contributed by atoms with E-state index < -0.39 is 0 Å². The van der Waals surface area contributed by atoms with Crippen LogP contribution in [0.5, 0.6) is 0 Å². The van der Waals surface area contributed by atoms with Crippen molar-refractivity contribution in [1.82, 2.24) is 9.80 Å². The average Bonchev–Trinajstić information content (AvgIpc) is 4.03. The zero-order chi connectivity index (χ0) is 40.3. The molecule has 2 aliphatic rings. The van der Waals surface area contributed by atoms with Crippen LogP contribution in [0.3, 0.4) is 0 Å². The molecule has 2 N–H and O–H groups in total. The van der Waals surface area contributed by atoms with E-state index >= 15 is 9.59 Å². The molecule has 57 heavy (non-hydrogen) atoms. The van der Waals surface area contributed by atoms with Crippen molar-refractivity contribution in [2.24, 2.45) is 17.6 Å². The van der Waals surface area contributed by atoms with Crippen molar-refractivity contribution in [3.05, 3.63) is 105 Å². The summed E-state index contributed by atoms with van der Waals surface area (Å²) in [5, 5.41) is 0. The van der Waals surface area contributed by atoms with Crippen LogP contribution in [0.4, 0.5) is 0 Å². The minimum absolute atomic E-state index is 0.0177. The topological polar surface area (TPSA) is 66.6 Å². The minimum atomic E-state index is -0.0192. The summed E-state index contributed by atoms with van der Waals surface area (Å²) in [6.07, 6.45) is 15.3. The molecule has 7 heteroatoms. The van der Waals surface area contributed by atoms with E-state index in [1.54, 1.807) is 22.7 Å². The number of hydrogen-bond donors (Lipinski definition) is 1. The molecule has 0 saturated carbocycles. The van der Waals surface area contributed by atoms with Gasteiger partial charge >= 0.3 is 0 Å². The van der Waals surface area contributed by atoms with Crippen LogP contribution in [0.2, 0.25) is 0 Å². The molecule has 0 fully saturated rings. The number of thiophene rings is 2. The van der Waals surface area contributed by atoms with E-state index in [0.717, 1.165) is 101 Å². The molecule has 2 amide bonds. The predicted molar refractivity (Wildman–Crippen MR) is 244 cm³/mol. The van der Waals surface area contributed by atoms with Gasteiger partial charge in [-0.05, 0) is 103 Å². The van der Waals surface area contributed by atoms with Crippen molar-refractivity contribution >= 4 is 45.9 Å². The van der Waals surface area contributed by atoms with Crippen LogP contribution < -0.4 is 5.73 Å². The summed E-state index contributed by atoms with van der Waals surface area (Å²) in [6.45, 7) is 13.1. The second-order valence-corrected chi connectivity index (χ2v) is 18.4. The number of nitrogens with two attached hydrogens (primary N) is 1. The molecule has 2 aromatic carbocycles.